The van der Waals surface area contributed by atoms with Crippen molar-refractivity contribution in [2.24, 2.45) is 11.3 Å². The lowest BCUT2D eigenvalue weighted by atomic mass is 9.82. The number of carbonyl (C=O) groups is 1. The van der Waals surface area contributed by atoms with E-state index in [0.717, 1.165) is 52.2 Å². The third-order valence-electron chi connectivity index (χ3n) is 7.22. The Balaban J connectivity index is 1.24. The molecule has 0 radical (unpaired) electrons. The molecule has 4 atom stereocenters. The molecule has 1 aromatic carbocycles. The van der Waals surface area contributed by atoms with E-state index in [1.165, 1.54) is 0 Å². The summed E-state index contributed by atoms with van der Waals surface area (Å²) >= 11 is 0. The number of nitrogens with one attached hydrogen (secondary N) is 5. The molecule has 36 heavy (non-hydrogen) atoms. The van der Waals surface area contributed by atoms with E-state index in [4.69, 9.17) is 9.40 Å². The van der Waals surface area contributed by atoms with Crippen LogP contribution >= 0.6 is 0 Å². The summed E-state index contributed by atoms with van der Waals surface area (Å²) < 4.78 is 5.30. The summed E-state index contributed by atoms with van der Waals surface area (Å²) in [4.78, 5) is 25.4. The molecule has 0 bridgehead atoms. The van der Waals surface area contributed by atoms with Crippen LogP contribution in [0.3, 0.4) is 0 Å². The van der Waals surface area contributed by atoms with Gasteiger partial charge in [-0.1, -0.05) is 32.9 Å². The highest BCUT2D eigenvalue weighted by Gasteiger charge is 2.42. The minimum atomic E-state index is -0.467. The van der Waals surface area contributed by atoms with Crippen LogP contribution in [-0.2, 0) is 4.79 Å². The largest absolute Gasteiger partial charge is 0.472 e. The SMILES string of the molecule is CC(C)(C)C(=O)Nc1cncc(C2CC3C(CN2)NNC3c2nc3c(-c4ccoc4)cccc3[nH]2)c1. The monoisotopic (exact) mass is 485 g/mol. The molecule has 2 aliphatic heterocycles. The molecule has 1 amide bonds. The van der Waals surface area contributed by atoms with Gasteiger partial charge in [-0.3, -0.25) is 15.2 Å². The molecule has 186 valence electrons. The van der Waals surface area contributed by atoms with E-state index in [9.17, 15) is 4.79 Å². The van der Waals surface area contributed by atoms with Crippen molar-refractivity contribution >= 4 is 22.6 Å². The first kappa shape index (κ1) is 22.9. The van der Waals surface area contributed by atoms with Crippen LogP contribution in [0, 0.1) is 11.3 Å². The van der Waals surface area contributed by atoms with Crippen LogP contribution in [0.2, 0.25) is 0 Å². The summed E-state index contributed by atoms with van der Waals surface area (Å²) in [6.07, 6.45) is 7.92. The Morgan fingerprint density at radius 1 is 1.17 bits per heavy atom. The summed E-state index contributed by atoms with van der Waals surface area (Å²) in [5.74, 6) is 1.22. The number of imidazole rings is 1. The molecule has 0 saturated carbocycles. The van der Waals surface area contributed by atoms with Crippen LogP contribution in [-0.4, -0.2) is 33.4 Å². The first-order chi connectivity index (χ1) is 17.4. The Kier molecular flexibility index (Phi) is 5.63. The van der Waals surface area contributed by atoms with Crippen molar-refractivity contribution in [3.8, 4) is 11.1 Å². The van der Waals surface area contributed by atoms with E-state index in [-0.39, 0.29) is 24.0 Å². The maximum atomic E-state index is 12.5. The van der Waals surface area contributed by atoms with Gasteiger partial charge in [0.15, 0.2) is 0 Å². The van der Waals surface area contributed by atoms with E-state index in [1.54, 1.807) is 18.7 Å². The predicted molar refractivity (Wildman–Crippen MR) is 138 cm³/mol. The molecule has 4 aromatic rings. The second-order valence-corrected chi connectivity index (χ2v) is 10.8. The second-order valence-electron chi connectivity index (χ2n) is 10.8. The average molecular weight is 486 g/mol. The molecular formula is C27H31N7O2. The van der Waals surface area contributed by atoms with Gasteiger partial charge in [0.25, 0.3) is 0 Å². The second kappa shape index (κ2) is 8.85. The molecule has 4 unspecified atom stereocenters. The zero-order chi connectivity index (χ0) is 24.9. The number of carbonyl (C=O) groups excluding carboxylic acids is 1. The van der Waals surface area contributed by atoms with Crippen molar-refractivity contribution in [1.82, 2.24) is 31.1 Å². The smallest absolute Gasteiger partial charge is 0.229 e. The van der Waals surface area contributed by atoms with Gasteiger partial charge >= 0.3 is 0 Å². The van der Waals surface area contributed by atoms with E-state index < -0.39 is 5.41 Å². The number of hydrazine groups is 1. The van der Waals surface area contributed by atoms with Gasteiger partial charge in [-0.2, -0.15) is 0 Å². The number of anilines is 1. The Morgan fingerprint density at radius 2 is 2.06 bits per heavy atom. The fourth-order valence-corrected chi connectivity index (χ4v) is 5.18. The molecule has 6 rings (SSSR count). The molecule has 3 aromatic heterocycles. The number of rotatable bonds is 4. The van der Waals surface area contributed by atoms with Crippen LogP contribution < -0.4 is 21.5 Å². The van der Waals surface area contributed by atoms with Gasteiger partial charge < -0.3 is 20.0 Å². The first-order valence-electron chi connectivity index (χ1n) is 12.4. The number of hydrogen-bond acceptors (Lipinski definition) is 7. The van der Waals surface area contributed by atoms with Crippen molar-refractivity contribution in [2.45, 2.75) is 45.3 Å². The van der Waals surface area contributed by atoms with Crippen molar-refractivity contribution in [3.05, 3.63) is 66.6 Å². The Hall–Kier alpha value is -3.53. The Labute approximate surface area is 209 Å². The predicted octanol–water partition coefficient (Wildman–Crippen LogP) is 4.07. The number of para-hydroxylation sites is 1. The Bertz CT molecular complexity index is 1390. The third-order valence-corrected chi connectivity index (χ3v) is 7.22. The van der Waals surface area contributed by atoms with Crippen LogP contribution in [0.15, 0.2) is 59.7 Å². The highest BCUT2D eigenvalue weighted by Crippen LogP contribution is 2.39. The van der Waals surface area contributed by atoms with Crippen molar-refractivity contribution < 1.29 is 9.21 Å². The molecule has 0 aliphatic carbocycles. The minimum Gasteiger partial charge on any atom is -0.472 e. The number of hydrogen-bond donors (Lipinski definition) is 5. The van der Waals surface area contributed by atoms with Gasteiger partial charge in [0, 0.05) is 47.3 Å². The summed E-state index contributed by atoms with van der Waals surface area (Å²) in [7, 11) is 0. The highest BCUT2D eigenvalue weighted by molar-refractivity contribution is 5.94. The van der Waals surface area contributed by atoms with E-state index in [2.05, 4.69) is 43.6 Å². The average Bonchev–Trinajstić information content (AvgIpc) is 3.62. The van der Waals surface area contributed by atoms with Gasteiger partial charge in [0.2, 0.25) is 5.91 Å². The number of furan rings is 1. The van der Waals surface area contributed by atoms with Crippen LogP contribution in [0.4, 0.5) is 5.69 Å². The quantitative estimate of drug-likeness (QED) is 0.296. The number of fused-ring (bicyclic) bond motifs is 2. The fraction of sp³-hybridized carbons (Fsp3) is 0.370. The van der Waals surface area contributed by atoms with Gasteiger partial charge in [0.1, 0.15) is 5.82 Å². The third kappa shape index (κ3) is 4.19. The summed E-state index contributed by atoms with van der Waals surface area (Å²) in [5.41, 5.74) is 12.3. The van der Waals surface area contributed by atoms with Crippen molar-refractivity contribution in [1.29, 1.82) is 0 Å². The molecule has 5 heterocycles. The molecule has 0 spiro atoms. The number of amides is 1. The van der Waals surface area contributed by atoms with E-state index in [0.29, 0.717) is 5.92 Å². The maximum absolute atomic E-state index is 12.5. The van der Waals surface area contributed by atoms with Gasteiger partial charge in [-0.25, -0.2) is 10.4 Å². The van der Waals surface area contributed by atoms with E-state index in [1.807, 2.05) is 45.2 Å². The number of aromatic amines is 1. The van der Waals surface area contributed by atoms with Crippen LogP contribution in [0.25, 0.3) is 22.2 Å². The molecule has 9 nitrogen and oxygen atoms in total. The lowest BCUT2D eigenvalue weighted by Crippen LogP contribution is -2.46. The van der Waals surface area contributed by atoms with E-state index >= 15 is 0 Å². The molecular weight excluding hydrogens is 454 g/mol. The molecule has 5 N–H and O–H groups in total. The van der Waals surface area contributed by atoms with Crippen LogP contribution in [0.1, 0.15) is 50.7 Å². The van der Waals surface area contributed by atoms with Gasteiger partial charge in [0.05, 0.1) is 41.5 Å². The summed E-state index contributed by atoms with van der Waals surface area (Å²) in [5, 5.41) is 6.65. The number of benzene rings is 1. The number of aromatic nitrogens is 3. The zero-order valence-corrected chi connectivity index (χ0v) is 20.6. The van der Waals surface area contributed by atoms with Crippen molar-refractivity contribution in [3.63, 3.8) is 0 Å². The zero-order valence-electron chi connectivity index (χ0n) is 20.6. The van der Waals surface area contributed by atoms with Gasteiger partial charge in [-0.05, 0) is 30.2 Å². The highest BCUT2D eigenvalue weighted by atomic mass is 16.3. The number of piperidine rings is 1. The first-order valence-corrected chi connectivity index (χ1v) is 12.4. The molecule has 2 fully saturated rings. The van der Waals surface area contributed by atoms with Crippen LogP contribution in [0.5, 0.6) is 0 Å². The summed E-state index contributed by atoms with van der Waals surface area (Å²) in [6, 6.07) is 10.6. The fourth-order valence-electron chi connectivity index (χ4n) is 5.18. The lowest BCUT2D eigenvalue weighted by Gasteiger charge is -2.34. The number of nitrogens with zero attached hydrogens (tertiary/aromatic N) is 2. The molecule has 2 saturated heterocycles. The number of H-pyrrole nitrogens is 1. The molecule has 9 heteroatoms. The topological polar surface area (TPSA) is 120 Å². The van der Waals surface area contributed by atoms with Gasteiger partial charge in [-0.15, -0.1) is 0 Å². The van der Waals surface area contributed by atoms with Crippen molar-refractivity contribution in [2.75, 3.05) is 11.9 Å². The lowest BCUT2D eigenvalue weighted by molar-refractivity contribution is -0.123. The minimum absolute atomic E-state index is 0.0259. The normalized spacial score (nSPS) is 24.1. The standard InChI is InChI=1S/C27H31N7O2/c1-27(2,3)26(35)30-17-9-16(11-28-12-17)21-10-19-22(13-29-21)33-34-24(19)25-31-20-6-4-5-18(23(20)32-25)15-7-8-36-14-15/h4-9,11-12,14,19,21-22,24,29,33-34H,10,13H2,1-3H3,(H,30,35)(H,31,32). The number of pyridine rings is 1. The summed E-state index contributed by atoms with van der Waals surface area (Å²) in [6.45, 7) is 6.52. The molecule has 2 aliphatic rings. The Morgan fingerprint density at radius 3 is 2.86 bits per heavy atom. The maximum Gasteiger partial charge on any atom is 0.229 e.